The molecule has 1 amide bonds. The Labute approximate surface area is 139 Å². The van der Waals surface area contributed by atoms with E-state index in [0.29, 0.717) is 18.9 Å². The van der Waals surface area contributed by atoms with E-state index in [9.17, 15) is 4.79 Å². The van der Waals surface area contributed by atoms with E-state index in [0.717, 1.165) is 23.9 Å². The van der Waals surface area contributed by atoms with Crippen LogP contribution in [0.2, 0.25) is 0 Å². The second kappa shape index (κ2) is 7.47. The fourth-order valence-corrected chi connectivity index (χ4v) is 4.34. The molecule has 0 radical (unpaired) electrons. The van der Waals surface area contributed by atoms with Crippen molar-refractivity contribution in [1.82, 2.24) is 20.0 Å². The molecule has 0 saturated carbocycles. The molecule has 1 aromatic rings. The van der Waals surface area contributed by atoms with Crippen LogP contribution in [-0.4, -0.2) is 39.7 Å². The van der Waals surface area contributed by atoms with Crippen LogP contribution in [0, 0.1) is 12.8 Å². The molecule has 3 rings (SSSR count). The van der Waals surface area contributed by atoms with Crippen LogP contribution in [0.25, 0.3) is 0 Å². The first-order valence-electron chi connectivity index (χ1n) is 9.14. The molecule has 0 spiro atoms. The van der Waals surface area contributed by atoms with Gasteiger partial charge in [-0.25, -0.2) is 0 Å². The van der Waals surface area contributed by atoms with Crippen LogP contribution >= 0.6 is 0 Å². The maximum Gasteiger partial charge on any atom is 0.220 e. The minimum absolute atomic E-state index is 0.178. The van der Waals surface area contributed by atoms with Crippen molar-refractivity contribution in [2.24, 2.45) is 13.0 Å². The van der Waals surface area contributed by atoms with Crippen LogP contribution in [0.5, 0.6) is 0 Å². The number of aromatic nitrogens is 2. The Morgan fingerprint density at radius 1 is 1.30 bits per heavy atom. The predicted molar refractivity (Wildman–Crippen MR) is 91.0 cm³/mol. The lowest BCUT2D eigenvalue weighted by Gasteiger charge is -2.44. The Bertz CT molecular complexity index is 537. The van der Waals surface area contributed by atoms with Crippen molar-refractivity contribution in [2.75, 3.05) is 13.1 Å². The second-order valence-electron chi connectivity index (χ2n) is 7.22. The molecular formula is C18H30N4O. The summed E-state index contributed by atoms with van der Waals surface area (Å²) in [6.45, 7) is 5.10. The molecule has 1 aromatic heterocycles. The largest absolute Gasteiger partial charge is 0.350 e. The molecule has 128 valence electrons. The summed E-state index contributed by atoms with van der Waals surface area (Å²) >= 11 is 0. The molecule has 2 aliphatic rings. The molecule has 5 nitrogen and oxygen atoms in total. The van der Waals surface area contributed by atoms with Crippen LogP contribution < -0.4 is 5.32 Å². The maximum absolute atomic E-state index is 12.2. The summed E-state index contributed by atoms with van der Waals surface area (Å²) in [7, 11) is 1.92. The fraction of sp³-hybridized carbons (Fsp3) is 0.778. The van der Waals surface area contributed by atoms with E-state index in [1.54, 1.807) is 0 Å². The summed E-state index contributed by atoms with van der Waals surface area (Å²) in [6, 6.07) is 2.77. The molecule has 2 atom stereocenters. The Balaban J connectivity index is 1.44. The quantitative estimate of drug-likeness (QED) is 0.907. The van der Waals surface area contributed by atoms with Gasteiger partial charge in [-0.05, 0) is 64.1 Å². The SMILES string of the molecule is Cc1cc(CNC(=O)CC[C@@H]2CCCN3CCCC[C@H]23)n(C)n1. The molecule has 1 N–H and O–H groups in total. The molecule has 2 saturated heterocycles. The van der Waals surface area contributed by atoms with Crippen molar-refractivity contribution in [2.45, 2.75) is 64.5 Å². The Hall–Kier alpha value is -1.36. The number of hydrogen-bond donors (Lipinski definition) is 1. The molecule has 0 bridgehead atoms. The van der Waals surface area contributed by atoms with Gasteiger partial charge in [0.25, 0.3) is 0 Å². The zero-order chi connectivity index (χ0) is 16.2. The van der Waals surface area contributed by atoms with Gasteiger partial charge >= 0.3 is 0 Å². The monoisotopic (exact) mass is 318 g/mol. The summed E-state index contributed by atoms with van der Waals surface area (Å²) in [4.78, 5) is 14.9. The summed E-state index contributed by atoms with van der Waals surface area (Å²) in [6.07, 6.45) is 8.35. The number of nitrogens with zero attached hydrogens (tertiary/aromatic N) is 3. The third-order valence-electron chi connectivity index (χ3n) is 5.54. The summed E-state index contributed by atoms with van der Waals surface area (Å²) in [5.74, 6) is 0.894. The highest BCUT2D eigenvalue weighted by Crippen LogP contribution is 2.33. The number of rotatable bonds is 5. The van der Waals surface area contributed by atoms with Crippen molar-refractivity contribution in [3.63, 3.8) is 0 Å². The van der Waals surface area contributed by atoms with Gasteiger partial charge in [-0.3, -0.25) is 9.48 Å². The fourth-order valence-electron chi connectivity index (χ4n) is 4.34. The van der Waals surface area contributed by atoms with Gasteiger partial charge in [0.15, 0.2) is 0 Å². The van der Waals surface area contributed by atoms with Gasteiger partial charge < -0.3 is 10.2 Å². The molecule has 3 heterocycles. The number of amides is 1. The molecule has 23 heavy (non-hydrogen) atoms. The average Bonchev–Trinajstić information content (AvgIpc) is 2.88. The zero-order valence-electron chi connectivity index (χ0n) is 14.6. The lowest BCUT2D eigenvalue weighted by molar-refractivity contribution is -0.121. The summed E-state index contributed by atoms with van der Waals surface area (Å²) < 4.78 is 1.84. The number of hydrogen-bond acceptors (Lipinski definition) is 3. The molecule has 5 heteroatoms. The average molecular weight is 318 g/mol. The van der Waals surface area contributed by atoms with Crippen molar-refractivity contribution in [3.05, 3.63) is 17.5 Å². The maximum atomic E-state index is 12.2. The number of carbonyl (C=O) groups excluding carboxylic acids is 1. The van der Waals surface area contributed by atoms with Gasteiger partial charge in [0.1, 0.15) is 0 Å². The van der Waals surface area contributed by atoms with E-state index in [1.807, 2.05) is 24.7 Å². The normalized spacial score (nSPS) is 25.1. The van der Waals surface area contributed by atoms with Gasteiger partial charge in [-0.15, -0.1) is 0 Å². The first-order valence-corrected chi connectivity index (χ1v) is 9.14. The first kappa shape index (κ1) is 16.5. The van der Waals surface area contributed by atoms with E-state index in [1.165, 1.54) is 45.2 Å². The standard InChI is InChI=1S/C18H30N4O/c1-14-12-16(21(2)20-14)13-19-18(23)9-8-15-6-5-11-22-10-4-3-7-17(15)22/h12,15,17H,3-11,13H2,1-2H3,(H,19,23)/t15-,17+/m0/s1. The molecule has 0 unspecified atom stereocenters. The van der Waals surface area contributed by atoms with E-state index in [4.69, 9.17) is 0 Å². The highest BCUT2D eigenvalue weighted by Gasteiger charge is 2.32. The van der Waals surface area contributed by atoms with Crippen molar-refractivity contribution in [3.8, 4) is 0 Å². The number of piperidine rings is 2. The first-order chi connectivity index (χ1) is 11.1. The molecule has 2 aliphatic heterocycles. The van der Waals surface area contributed by atoms with Crippen LogP contribution in [0.15, 0.2) is 6.07 Å². The molecule has 0 aromatic carbocycles. The number of carbonyl (C=O) groups is 1. The number of fused-ring (bicyclic) bond motifs is 1. The number of aryl methyl sites for hydroxylation is 2. The van der Waals surface area contributed by atoms with Gasteiger partial charge in [0, 0.05) is 19.5 Å². The zero-order valence-corrected chi connectivity index (χ0v) is 14.6. The highest BCUT2D eigenvalue weighted by atomic mass is 16.1. The van der Waals surface area contributed by atoms with E-state index < -0.39 is 0 Å². The van der Waals surface area contributed by atoms with Gasteiger partial charge in [-0.2, -0.15) is 5.10 Å². The highest BCUT2D eigenvalue weighted by molar-refractivity contribution is 5.75. The minimum atomic E-state index is 0.178. The van der Waals surface area contributed by atoms with Crippen molar-refractivity contribution < 1.29 is 4.79 Å². The van der Waals surface area contributed by atoms with Crippen LogP contribution in [-0.2, 0) is 18.4 Å². The summed E-state index contributed by atoms with van der Waals surface area (Å²) in [5.41, 5.74) is 2.06. The third kappa shape index (κ3) is 4.14. The third-order valence-corrected chi connectivity index (χ3v) is 5.54. The lowest BCUT2D eigenvalue weighted by atomic mass is 9.81. The van der Waals surface area contributed by atoms with E-state index in [-0.39, 0.29) is 5.91 Å². The topological polar surface area (TPSA) is 50.2 Å². The van der Waals surface area contributed by atoms with E-state index >= 15 is 0 Å². The van der Waals surface area contributed by atoms with Crippen molar-refractivity contribution >= 4 is 5.91 Å². The molecule has 0 aliphatic carbocycles. The smallest absolute Gasteiger partial charge is 0.220 e. The van der Waals surface area contributed by atoms with Crippen LogP contribution in [0.3, 0.4) is 0 Å². The van der Waals surface area contributed by atoms with Crippen LogP contribution in [0.4, 0.5) is 0 Å². The number of nitrogens with one attached hydrogen (secondary N) is 1. The summed E-state index contributed by atoms with van der Waals surface area (Å²) in [5, 5.41) is 7.36. The van der Waals surface area contributed by atoms with Gasteiger partial charge in [-0.1, -0.05) is 6.42 Å². The van der Waals surface area contributed by atoms with Gasteiger partial charge in [0.2, 0.25) is 5.91 Å². The Morgan fingerprint density at radius 2 is 2.13 bits per heavy atom. The van der Waals surface area contributed by atoms with E-state index in [2.05, 4.69) is 15.3 Å². The predicted octanol–water partition coefficient (Wildman–Crippen LogP) is 2.39. The Kier molecular flexibility index (Phi) is 5.36. The minimum Gasteiger partial charge on any atom is -0.350 e. The van der Waals surface area contributed by atoms with Crippen molar-refractivity contribution in [1.29, 1.82) is 0 Å². The second-order valence-corrected chi connectivity index (χ2v) is 7.22. The molecular weight excluding hydrogens is 288 g/mol. The lowest BCUT2D eigenvalue weighted by Crippen LogP contribution is -2.48. The van der Waals surface area contributed by atoms with Gasteiger partial charge in [0.05, 0.1) is 17.9 Å². The Morgan fingerprint density at radius 3 is 2.91 bits per heavy atom. The van der Waals surface area contributed by atoms with Crippen LogP contribution in [0.1, 0.15) is 56.3 Å². The molecule has 2 fully saturated rings.